The first-order chi connectivity index (χ1) is 12.0. The van der Waals surface area contributed by atoms with Crippen LogP contribution in [0.15, 0.2) is 29.1 Å². The lowest BCUT2D eigenvalue weighted by molar-refractivity contribution is -0.137. The Kier molecular flexibility index (Phi) is 5.88. The Bertz CT molecular complexity index is 849. The summed E-state index contributed by atoms with van der Waals surface area (Å²) < 4.78 is 5.41. The van der Waals surface area contributed by atoms with Crippen molar-refractivity contribution in [3.8, 4) is 5.75 Å². The zero-order valence-electron chi connectivity index (χ0n) is 16.2. The summed E-state index contributed by atoms with van der Waals surface area (Å²) in [5.74, 6) is -0.391. The topological polar surface area (TPSA) is 91.4 Å². The Balaban J connectivity index is 2.50. The van der Waals surface area contributed by atoms with Crippen molar-refractivity contribution in [2.24, 2.45) is 5.92 Å². The van der Waals surface area contributed by atoms with Crippen LogP contribution in [0.4, 0.5) is 0 Å². The van der Waals surface area contributed by atoms with Gasteiger partial charge in [0.05, 0.1) is 17.5 Å². The van der Waals surface area contributed by atoms with Gasteiger partial charge in [0.25, 0.3) is 0 Å². The van der Waals surface area contributed by atoms with Crippen molar-refractivity contribution >= 4 is 16.9 Å². The van der Waals surface area contributed by atoms with E-state index in [0.29, 0.717) is 16.5 Å². The summed E-state index contributed by atoms with van der Waals surface area (Å²) in [5.41, 5.74) is 0.611. The maximum atomic E-state index is 12.0. The van der Waals surface area contributed by atoms with Crippen LogP contribution in [0.1, 0.15) is 53.2 Å². The van der Waals surface area contributed by atoms with Gasteiger partial charge < -0.3 is 20.1 Å². The zero-order chi connectivity index (χ0) is 19.6. The number of pyridine rings is 1. The van der Waals surface area contributed by atoms with Crippen molar-refractivity contribution in [3.63, 3.8) is 0 Å². The Morgan fingerprint density at radius 3 is 2.38 bits per heavy atom. The predicted octanol–water partition coefficient (Wildman–Crippen LogP) is 2.90. The van der Waals surface area contributed by atoms with Crippen LogP contribution in [0.25, 0.3) is 10.9 Å². The number of aromatic amines is 1. The summed E-state index contributed by atoms with van der Waals surface area (Å²) >= 11 is 0. The van der Waals surface area contributed by atoms with Crippen LogP contribution in [0.5, 0.6) is 5.75 Å². The molecule has 1 aromatic heterocycles. The first-order valence-electron chi connectivity index (χ1n) is 8.83. The Morgan fingerprint density at radius 1 is 1.15 bits per heavy atom. The number of aliphatic hydroxyl groups is 1. The first kappa shape index (κ1) is 20.1. The molecule has 0 amide bonds. The number of carbonyl (C=O) groups excluding carboxylic acids is 1. The van der Waals surface area contributed by atoms with Crippen molar-refractivity contribution in [1.82, 2.24) is 10.3 Å². The van der Waals surface area contributed by atoms with Gasteiger partial charge in [-0.1, -0.05) is 19.9 Å². The molecular formula is C20H28N2O4. The minimum absolute atomic E-state index is 0.156. The lowest BCUT2D eigenvalue weighted by Crippen LogP contribution is -2.45. The second kappa shape index (κ2) is 7.60. The molecule has 142 valence electrons. The molecule has 0 aliphatic heterocycles. The number of benzene rings is 1. The predicted molar refractivity (Wildman–Crippen MR) is 102 cm³/mol. The van der Waals surface area contributed by atoms with Crippen molar-refractivity contribution in [1.29, 1.82) is 0 Å². The van der Waals surface area contributed by atoms with E-state index in [0.717, 1.165) is 0 Å². The lowest BCUT2D eigenvalue weighted by Gasteiger charge is -2.30. The second-order valence-electron chi connectivity index (χ2n) is 7.97. The highest BCUT2D eigenvalue weighted by Gasteiger charge is 2.24. The molecular weight excluding hydrogens is 332 g/mol. The fourth-order valence-electron chi connectivity index (χ4n) is 2.85. The van der Waals surface area contributed by atoms with E-state index in [-0.39, 0.29) is 34.8 Å². The zero-order valence-corrected chi connectivity index (χ0v) is 16.2. The SMILES string of the molecule is CC(C)C(=O)Oc1ccc(C(O)C(C)NC(C)(C)C)c2ccc(=O)[nH]c12. The van der Waals surface area contributed by atoms with Gasteiger partial charge in [-0.3, -0.25) is 9.59 Å². The van der Waals surface area contributed by atoms with Gasteiger partial charge in [-0.25, -0.2) is 0 Å². The van der Waals surface area contributed by atoms with Gasteiger partial charge in [0.1, 0.15) is 0 Å². The van der Waals surface area contributed by atoms with Gasteiger partial charge >= 0.3 is 5.97 Å². The molecule has 2 aromatic rings. The van der Waals surface area contributed by atoms with E-state index in [4.69, 9.17) is 4.74 Å². The molecule has 2 rings (SSSR count). The third-order valence-corrected chi connectivity index (χ3v) is 4.03. The van der Waals surface area contributed by atoms with E-state index in [1.54, 1.807) is 32.0 Å². The van der Waals surface area contributed by atoms with Crippen LogP contribution in [-0.4, -0.2) is 27.6 Å². The van der Waals surface area contributed by atoms with Gasteiger partial charge in [-0.15, -0.1) is 0 Å². The van der Waals surface area contributed by atoms with Gasteiger partial charge in [0.2, 0.25) is 5.56 Å². The molecule has 0 fully saturated rings. The summed E-state index contributed by atoms with van der Waals surface area (Å²) in [5, 5.41) is 14.8. The number of aliphatic hydroxyl groups excluding tert-OH is 1. The summed E-state index contributed by atoms with van der Waals surface area (Å²) in [6.45, 7) is 11.5. The standard InChI is InChI=1S/C20H28N2O4/c1-11(2)19(25)26-15-9-7-14(13-8-10-16(23)21-17(13)15)18(24)12(3)22-20(4,5)6/h7-12,18,22,24H,1-6H3,(H,21,23). The first-order valence-corrected chi connectivity index (χ1v) is 8.83. The van der Waals surface area contributed by atoms with Gasteiger partial charge in [0.15, 0.2) is 5.75 Å². The molecule has 0 radical (unpaired) electrons. The van der Waals surface area contributed by atoms with Crippen LogP contribution < -0.4 is 15.6 Å². The van der Waals surface area contributed by atoms with Crippen molar-refractivity contribution in [3.05, 3.63) is 40.2 Å². The van der Waals surface area contributed by atoms with Gasteiger partial charge in [-0.05, 0) is 45.4 Å². The average Bonchev–Trinajstić information content (AvgIpc) is 2.52. The number of hydrogen-bond donors (Lipinski definition) is 3. The molecule has 2 unspecified atom stereocenters. The summed E-state index contributed by atoms with van der Waals surface area (Å²) in [7, 11) is 0. The van der Waals surface area contributed by atoms with Crippen molar-refractivity contribution < 1.29 is 14.6 Å². The molecule has 0 saturated carbocycles. The fraction of sp³-hybridized carbons (Fsp3) is 0.500. The highest BCUT2D eigenvalue weighted by molar-refractivity contribution is 5.90. The van der Waals surface area contributed by atoms with Crippen LogP contribution in [-0.2, 0) is 4.79 Å². The number of aromatic nitrogens is 1. The van der Waals surface area contributed by atoms with Crippen LogP contribution in [0.2, 0.25) is 0 Å². The lowest BCUT2D eigenvalue weighted by atomic mass is 9.96. The van der Waals surface area contributed by atoms with E-state index in [2.05, 4.69) is 10.3 Å². The number of carbonyl (C=O) groups is 1. The highest BCUT2D eigenvalue weighted by atomic mass is 16.5. The normalized spacial score (nSPS) is 14.5. The molecule has 0 aliphatic carbocycles. The molecule has 0 saturated heterocycles. The highest BCUT2D eigenvalue weighted by Crippen LogP contribution is 2.31. The van der Waals surface area contributed by atoms with Gasteiger partial charge in [0, 0.05) is 23.0 Å². The van der Waals surface area contributed by atoms with Gasteiger partial charge in [-0.2, -0.15) is 0 Å². The number of hydrogen-bond acceptors (Lipinski definition) is 5. The molecule has 0 bridgehead atoms. The molecule has 2 atom stereocenters. The second-order valence-corrected chi connectivity index (χ2v) is 7.97. The largest absolute Gasteiger partial charge is 0.424 e. The maximum Gasteiger partial charge on any atom is 0.313 e. The van der Waals surface area contributed by atoms with E-state index >= 15 is 0 Å². The average molecular weight is 360 g/mol. The van der Waals surface area contributed by atoms with Crippen LogP contribution in [0.3, 0.4) is 0 Å². The molecule has 0 spiro atoms. The molecule has 26 heavy (non-hydrogen) atoms. The van der Waals surface area contributed by atoms with Crippen LogP contribution in [0, 0.1) is 5.92 Å². The van der Waals surface area contributed by atoms with E-state index in [1.165, 1.54) is 6.07 Å². The molecule has 3 N–H and O–H groups in total. The van der Waals surface area contributed by atoms with Crippen molar-refractivity contribution in [2.75, 3.05) is 0 Å². The third-order valence-electron chi connectivity index (χ3n) is 4.03. The Hall–Kier alpha value is -2.18. The fourth-order valence-corrected chi connectivity index (χ4v) is 2.85. The minimum Gasteiger partial charge on any atom is -0.424 e. The quantitative estimate of drug-likeness (QED) is 0.563. The number of H-pyrrole nitrogens is 1. The molecule has 6 nitrogen and oxygen atoms in total. The number of rotatable bonds is 5. The Morgan fingerprint density at radius 2 is 1.81 bits per heavy atom. The smallest absolute Gasteiger partial charge is 0.313 e. The molecule has 6 heteroatoms. The van der Waals surface area contributed by atoms with Crippen molar-refractivity contribution in [2.45, 2.75) is 59.2 Å². The maximum absolute atomic E-state index is 12.0. The number of esters is 1. The summed E-state index contributed by atoms with van der Waals surface area (Å²) in [6.07, 6.45) is -0.794. The Labute approximate surface area is 153 Å². The third kappa shape index (κ3) is 4.71. The molecule has 0 aliphatic rings. The number of fused-ring (bicyclic) bond motifs is 1. The monoisotopic (exact) mass is 360 g/mol. The van der Waals surface area contributed by atoms with Crippen LogP contribution >= 0.6 is 0 Å². The molecule has 1 heterocycles. The van der Waals surface area contributed by atoms with E-state index < -0.39 is 6.10 Å². The number of nitrogens with one attached hydrogen (secondary N) is 2. The summed E-state index contributed by atoms with van der Waals surface area (Å²) in [4.78, 5) is 26.5. The summed E-state index contributed by atoms with van der Waals surface area (Å²) in [6, 6.07) is 6.17. The molecule has 1 aromatic carbocycles. The minimum atomic E-state index is -0.794. The van der Waals surface area contributed by atoms with E-state index in [1.807, 2.05) is 27.7 Å². The van der Waals surface area contributed by atoms with E-state index in [9.17, 15) is 14.7 Å². The number of ether oxygens (including phenoxy) is 1.